The van der Waals surface area contributed by atoms with Crippen LogP contribution in [0.15, 0.2) is 40.9 Å². The van der Waals surface area contributed by atoms with Crippen molar-refractivity contribution in [1.82, 2.24) is 5.32 Å². The monoisotopic (exact) mass is 325 g/mol. The van der Waals surface area contributed by atoms with Gasteiger partial charge in [0.05, 0.1) is 10.5 Å². The second-order valence-corrected chi connectivity index (χ2v) is 5.22. The van der Waals surface area contributed by atoms with E-state index in [4.69, 9.17) is 0 Å². The van der Waals surface area contributed by atoms with E-state index in [0.717, 1.165) is 17.2 Å². The fourth-order valence-corrected chi connectivity index (χ4v) is 2.46. The van der Waals surface area contributed by atoms with Gasteiger partial charge in [0.2, 0.25) is 0 Å². The van der Waals surface area contributed by atoms with Gasteiger partial charge in [-0.2, -0.15) is 0 Å². The van der Waals surface area contributed by atoms with Crippen molar-refractivity contribution in [2.45, 2.75) is 13.0 Å². The topological polar surface area (TPSA) is 12.0 Å². The normalized spacial score (nSPS) is 12.5. The largest absolute Gasteiger partial charge is 0.309 e. The van der Waals surface area contributed by atoms with Crippen molar-refractivity contribution < 1.29 is 8.78 Å². The van der Waals surface area contributed by atoms with Crippen molar-refractivity contribution in [2.75, 3.05) is 7.05 Å². The highest BCUT2D eigenvalue weighted by molar-refractivity contribution is 9.10. The highest BCUT2D eigenvalue weighted by atomic mass is 79.9. The number of hydrogen-bond acceptors (Lipinski definition) is 1. The molecular formula is C15H14BrF2N. The average Bonchev–Trinajstić information content (AvgIpc) is 2.38. The molecule has 1 nitrogen and oxygen atoms in total. The molecule has 0 saturated carbocycles. The molecule has 0 radical (unpaired) electrons. The van der Waals surface area contributed by atoms with E-state index in [1.807, 2.05) is 31.2 Å². The van der Waals surface area contributed by atoms with E-state index >= 15 is 0 Å². The van der Waals surface area contributed by atoms with Gasteiger partial charge in [0.15, 0.2) is 0 Å². The van der Waals surface area contributed by atoms with Gasteiger partial charge in [-0.05, 0) is 53.2 Å². The van der Waals surface area contributed by atoms with Crippen LogP contribution in [-0.4, -0.2) is 7.05 Å². The van der Waals surface area contributed by atoms with E-state index in [0.29, 0.717) is 5.56 Å². The molecule has 0 spiro atoms. The van der Waals surface area contributed by atoms with E-state index in [2.05, 4.69) is 21.2 Å². The van der Waals surface area contributed by atoms with Crippen LogP contribution in [0.4, 0.5) is 8.78 Å². The Labute approximate surface area is 119 Å². The third-order valence-electron chi connectivity index (χ3n) is 3.14. The number of nitrogens with one attached hydrogen (secondary N) is 1. The molecule has 0 aromatic heterocycles. The highest BCUT2D eigenvalue weighted by Crippen LogP contribution is 2.29. The fraction of sp³-hybridized carbons (Fsp3) is 0.200. The molecule has 0 heterocycles. The molecule has 4 heteroatoms. The van der Waals surface area contributed by atoms with Crippen LogP contribution >= 0.6 is 15.9 Å². The van der Waals surface area contributed by atoms with E-state index in [9.17, 15) is 8.78 Å². The predicted molar refractivity (Wildman–Crippen MR) is 76.1 cm³/mol. The highest BCUT2D eigenvalue weighted by Gasteiger charge is 2.19. The number of rotatable bonds is 3. The summed E-state index contributed by atoms with van der Waals surface area (Å²) in [5.41, 5.74) is 2.27. The van der Waals surface area contributed by atoms with Gasteiger partial charge >= 0.3 is 0 Å². The van der Waals surface area contributed by atoms with Gasteiger partial charge < -0.3 is 5.32 Å². The summed E-state index contributed by atoms with van der Waals surface area (Å²) in [6.45, 7) is 1.95. The Morgan fingerprint density at radius 3 is 2.37 bits per heavy atom. The number of hydrogen-bond donors (Lipinski definition) is 1. The Hall–Kier alpha value is -1.26. The van der Waals surface area contributed by atoms with Gasteiger partial charge in [-0.25, -0.2) is 8.78 Å². The molecule has 0 aliphatic rings. The summed E-state index contributed by atoms with van der Waals surface area (Å²) in [6, 6.07) is 9.69. The molecule has 0 saturated heterocycles. The molecule has 100 valence electrons. The molecule has 0 aliphatic carbocycles. The summed E-state index contributed by atoms with van der Waals surface area (Å²) in [6.07, 6.45) is 0. The molecule has 1 unspecified atom stereocenters. The first-order chi connectivity index (χ1) is 9.04. The maximum Gasteiger partial charge on any atom is 0.137 e. The Bertz CT molecular complexity index is 599. The van der Waals surface area contributed by atoms with Crippen LogP contribution in [0.2, 0.25) is 0 Å². The zero-order valence-corrected chi connectivity index (χ0v) is 12.3. The molecule has 0 amide bonds. The lowest BCUT2D eigenvalue weighted by Gasteiger charge is -2.20. The zero-order valence-electron chi connectivity index (χ0n) is 10.7. The number of halogens is 3. The zero-order chi connectivity index (χ0) is 14.0. The van der Waals surface area contributed by atoms with Crippen LogP contribution in [0.1, 0.15) is 22.7 Å². The van der Waals surface area contributed by atoms with E-state index < -0.39 is 11.6 Å². The van der Waals surface area contributed by atoms with Gasteiger partial charge in [0, 0.05) is 5.56 Å². The van der Waals surface area contributed by atoms with Gasteiger partial charge in [-0.15, -0.1) is 0 Å². The minimum atomic E-state index is -0.467. The first-order valence-electron chi connectivity index (χ1n) is 5.92. The Kier molecular flexibility index (Phi) is 4.32. The molecule has 0 bridgehead atoms. The third-order valence-corrected chi connectivity index (χ3v) is 3.75. The van der Waals surface area contributed by atoms with E-state index in [1.54, 1.807) is 7.05 Å². The third kappa shape index (κ3) is 2.85. The number of aryl methyl sites for hydroxylation is 1. The average molecular weight is 326 g/mol. The van der Waals surface area contributed by atoms with Crippen molar-refractivity contribution in [1.29, 1.82) is 0 Å². The lowest BCUT2D eigenvalue weighted by molar-refractivity contribution is 0.554. The molecule has 0 aliphatic heterocycles. The minimum absolute atomic E-state index is 0.133. The van der Waals surface area contributed by atoms with Crippen LogP contribution in [0.25, 0.3) is 0 Å². The lowest BCUT2D eigenvalue weighted by Crippen LogP contribution is -2.20. The quantitative estimate of drug-likeness (QED) is 0.827. The summed E-state index contributed by atoms with van der Waals surface area (Å²) in [5.74, 6) is -0.902. The smallest absolute Gasteiger partial charge is 0.137 e. The van der Waals surface area contributed by atoms with Gasteiger partial charge in [-0.1, -0.05) is 24.3 Å². The van der Waals surface area contributed by atoms with Gasteiger partial charge in [-0.3, -0.25) is 0 Å². The van der Waals surface area contributed by atoms with Gasteiger partial charge in [0.25, 0.3) is 0 Å². The van der Waals surface area contributed by atoms with Crippen LogP contribution in [0.3, 0.4) is 0 Å². The molecule has 0 fully saturated rings. The first-order valence-corrected chi connectivity index (χ1v) is 6.71. The maximum absolute atomic E-state index is 14.0. The van der Waals surface area contributed by atoms with Crippen LogP contribution in [0, 0.1) is 18.6 Å². The first kappa shape index (κ1) is 14.2. The Morgan fingerprint density at radius 2 is 1.74 bits per heavy atom. The summed E-state index contributed by atoms with van der Waals surface area (Å²) in [7, 11) is 1.73. The molecule has 1 N–H and O–H groups in total. The predicted octanol–water partition coefficient (Wildman–Crippen LogP) is 4.34. The Morgan fingerprint density at radius 1 is 1.05 bits per heavy atom. The van der Waals surface area contributed by atoms with Crippen molar-refractivity contribution in [2.24, 2.45) is 0 Å². The summed E-state index contributed by atoms with van der Waals surface area (Å²) < 4.78 is 27.8. The SMILES string of the molecule is CNC(c1ccccc1C)c1cc(F)c(Br)cc1F. The van der Waals surface area contributed by atoms with Crippen molar-refractivity contribution in [3.05, 3.63) is 69.2 Å². The molecule has 2 aromatic rings. The maximum atomic E-state index is 14.0. The summed E-state index contributed by atoms with van der Waals surface area (Å²) >= 11 is 2.99. The van der Waals surface area contributed by atoms with Crippen LogP contribution < -0.4 is 5.32 Å². The second kappa shape index (κ2) is 5.80. The second-order valence-electron chi connectivity index (χ2n) is 4.37. The molecular weight excluding hydrogens is 312 g/mol. The van der Waals surface area contributed by atoms with Crippen LogP contribution in [-0.2, 0) is 0 Å². The van der Waals surface area contributed by atoms with Crippen molar-refractivity contribution in [3.63, 3.8) is 0 Å². The summed E-state index contributed by atoms with van der Waals surface area (Å²) in [5, 5.41) is 3.04. The van der Waals surface area contributed by atoms with Crippen LogP contribution in [0.5, 0.6) is 0 Å². The molecule has 1 atom stereocenters. The Balaban J connectivity index is 2.55. The van der Waals surface area contributed by atoms with E-state index in [1.165, 1.54) is 6.07 Å². The molecule has 2 rings (SSSR count). The van der Waals surface area contributed by atoms with Crippen molar-refractivity contribution in [3.8, 4) is 0 Å². The molecule has 2 aromatic carbocycles. The van der Waals surface area contributed by atoms with E-state index in [-0.39, 0.29) is 10.5 Å². The standard InChI is InChI=1S/C15H14BrF2N/c1-9-5-3-4-6-10(9)15(19-2)11-7-14(18)12(16)8-13(11)17/h3-8,15,19H,1-2H3. The van der Waals surface area contributed by atoms with Gasteiger partial charge in [0.1, 0.15) is 11.6 Å². The minimum Gasteiger partial charge on any atom is -0.309 e. The molecule has 19 heavy (non-hydrogen) atoms. The fourth-order valence-electron chi connectivity index (χ4n) is 2.15. The lowest BCUT2D eigenvalue weighted by atomic mass is 9.95. The number of benzene rings is 2. The summed E-state index contributed by atoms with van der Waals surface area (Å²) in [4.78, 5) is 0. The van der Waals surface area contributed by atoms with Crippen molar-refractivity contribution >= 4 is 15.9 Å².